The molecule has 9 nitrogen and oxygen atoms in total. The van der Waals surface area contributed by atoms with Crippen molar-refractivity contribution in [3.05, 3.63) is 12.7 Å². The molecule has 3 rings (SSSR count). The maximum atomic E-state index is 10.3. The van der Waals surface area contributed by atoms with Gasteiger partial charge in [0, 0.05) is 6.54 Å². The van der Waals surface area contributed by atoms with Gasteiger partial charge in [-0.3, -0.25) is 4.57 Å². The van der Waals surface area contributed by atoms with Crippen molar-refractivity contribution in [3.8, 4) is 0 Å². The van der Waals surface area contributed by atoms with Gasteiger partial charge in [-0.15, -0.1) is 0 Å². The van der Waals surface area contributed by atoms with Crippen LogP contribution in [0, 0.1) is 0 Å². The molecule has 1 aliphatic heterocycles. The molecule has 0 saturated carbocycles. The van der Waals surface area contributed by atoms with Gasteiger partial charge in [0.25, 0.3) is 0 Å². The number of ether oxygens (including phenoxy) is 1. The average molecular weight is 422 g/mol. The molecule has 0 radical (unpaired) electrons. The van der Waals surface area contributed by atoms with Crippen LogP contribution in [-0.2, 0) is 4.74 Å². The highest BCUT2D eigenvalue weighted by Gasteiger charge is 2.44. The fourth-order valence-corrected chi connectivity index (χ4v) is 3.92. The molecular formula is C21H35N5O4. The van der Waals surface area contributed by atoms with E-state index in [0.717, 1.165) is 13.0 Å². The van der Waals surface area contributed by atoms with Crippen molar-refractivity contribution >= 4 is 17.0 Å². The van der Waals surface area contributed by atoms with E-state index in [1.165, 1.54) is 64.0 Å². The van der Waals surface area contributed by atoms with Gasteiger partial charge in [-0.2, -0.15) is 0 Å². The Labute approximate surface area is 177 Å². The van der Waals surface area contributed by atoms with Crippen LogP contribution in [0.5, 0.6) is 0 Å². The van der Waals surface area contributed by atoms with Gasteiger partial charge in [-0.25, -0.2) is 15.0 Å². The molecule has 4 N–H and O–H groups in total. The van der Waals surface area contributed by atoms with Gasteiger partial charge in [0.1, 0.15) is 24.6 Å². The maximum absolute atomic E-state index is 10.3. The first-order valence-corrected chi connectivity index (χ1v) is 11.2. The van der Waals surface area contributed by atoms with Crippen LogP contribution < -0.4 is 5.32 Å². The van der Waals surface area contributed by atoms with Gasteiger partial charge in [0.05, 0.1) is 12.9 Å². The van der Waals surface area contributed by atoms with Crippen LogP contribution in [0.3, 0.4) is 0 Å². The Morgan fingerprint density at radius 1 is 0.967 bits per heavy atom. The van der Waals surface area contributed by atoms with Gasteiger partial charge < -0.3 is 25.4 Å². The lowest BCUT2D eigenvalue weighted by Gasteiger charge is -2.16. The molecule has 2 aromatic heterocycles. The highest BCUT2D eigenvalue weighted by molar-refractivity contribution is 5.82. The fourth-order valence-electron chi connectivity index (χ4n) is 3.92. The third-order valence-electron chi connectivity index (χ3n) is 5.72. The number of aromatic nitrogens is 4. The van der Waals surface area contributed by atoms with E-state index in [2.05, 4.69) is 27.2 Å². The van der Waals surface area contributed by atoms with Crippen LogP contribution in [-0.4, -0.2) is 66.3 Å². The topological polar surface area (TPSA) is 126 Å². The maximum Gasteiger partial charge on any atom is 0.167 e. The number of unbranched alkanes of at least 4 members (excludes halogenated alkanes) is 8. The molecule has 0 aliphatic carbocycles. The Bertz CT molecular complexity index is 771. The van der Waals surface area contributed by atoms with Crippen LogP contribution in [0.4, 0.5) is 5.82 Å². The number of hydrogen-bond donors (Lipinski definition) is 4. The molecule has 0 unspecified atom stereocenters. The van der Waals surface area contributed by atoms with E-state index in [1.807, 2.05) is 0 Å². The smallest absolute Gasteiger partial charge is 0.167 e. The van der Waals surface area contributed by atoms with Crippen molar-refractivity contribution in [3.63, 3.8) is 0 Å². The first-order chi connectivity index (χ1) is 14.7. The second-order valence-electron chi connectivity index (χ2n) is 8.03. The largest absolute Gasteiger partial charge is 0.394 e. The van der Waals surface area contributed by atoms with Gasteiger partial charge >= 0.3 is 0 Å². The van der Waals surface area contributed by atoms with Crippen molar-refractivity contribution in [2.45, 2.75) is 89.3 Å². The van der Waals surface area contributed by atoms with E-state index in [0.29, 0.717) is 17.0 Å². The Morgan fingerprint density at radius 2 is 1.67 bits per heavy atom. The number of nitrogens with one attached hydrogen (secondary N) is 1. The molecule has 0 aromatic carbocycles. The first-order valence-electron chi connectivity index (χ1n) is 11.2. The van der Waals surface area contributed by atoms with Crippen LogP contribution in [0.25, 0.3) is 11.2 Å². The number of rotatable bonds is 13. The molecule has 3 heterocycles. The molecule has 0 amide bonds. The number of aliphatic hydroxyl groups is 3. The van der Waals surface area contributed by atoms with E-state index < -0.39 is 24.5 Å². The van der Waals surface area contributed by atoms with Crippen molar-refractivity contribution in [1.29, 1.82) is 0 Å². The Morgan fingerprint density at radius 3 is 2.33 bits per heavy atom. The average Bonchev–Trinajstić information content (AvgIpc) is 3.31. The zero-order chi connectivity index (χ0) is 21.3. The monoisotopic (exact) mass is 421 g/mol. The second-order valence-corrected chi connectivity index (χ2v) is 8.03. The van der Waals surface area contributed by atoms with Gasteiger partial charge in [-0.1, -0.05) is 58.3 Å². The summed E-state index contributed by atoms with van der Waals surface area (Å²) in [6.45, 7) is 2.68. The number of nitrogens with zero attached hydrogens (tertiary/aromatic N) is 4. The molecule has 168 valence electrons. The number of fused-ring (bicyclic) bond motifs is 1. The minimum Gasteiger partial charge on any atom is -0.394 e. The van der Waals surface area contributed by atoms with Gasteiger partial charge in [-0.05, 0) is 6.42 Å². The normalized spacial score (nSPS) is 24.0. The number of hydrogen-bond acceptors (Lipinski definition) is 8. The predicted octanol–water partition coefficient (Wildman–Crippen LogP) is 2.38. The Hall–Kier alpha value is -1.81. The number of imidazole rings is 1. The highest BCUT2D eigenvalue weighted by atomic mass is 16.6. The minimum atomic E-state index is -1.17. The summed E-state index contributed by atoms with van der Waals surface area (Å²) < 4.78 is 7.16. The molecule has 9 heteroatoms. The summed E-state index contributed by atoms with van der Waals surface area (Å²) in [4.78, 5) is 12.9. The molecule has 1 saturated heterocycles. The van der Waals surface area contributed by atoms with Crippen molar-refractivity contribution in [1.82, 2.24) is 19.5 Å². The molecule has 0 spiro atoms. The minimum absolute atomic E-state index is 0.373. The van der Waals surface area contributed by atoms with Crippen LogP contribution in [0.15, 0.2) is 12.7 Å². The first kappa shape index (κ1) is 22.9. The quantitative estimate of drug-likeness (QED) is 0.363. The summed E-state index contributed by atoms with van der Waals surface area (Å²) in [6.07, 6.45) is 10.4. The lowest BCUT2D eigenvalue weighted by atomic mass is 10.1. The molecule has 2 aromatic rings. The fraction of sp³-hybridized carbons (Fsp3) is 0.762. The summed E-state index contributed by atoms with van der Waals surface area (Å²) in [5.74, 6) is 0.644. The van der Waals surface area contributed by atoms with Gasteiger partial charge in [0.15, 0.2) is 23.2 Å². The summed E-state index contributed by atoms with van der Waals surface area (Å²) in [5.41, 5.74) is 1.10. The molecule has 1 fully saturated rings. The number of anilines is 1. The van der Waals surface area contributed by atoms with Crippen molar-refractivity contribution in [2.24, 2.45) is 0 Å². The standard InChI is InChI=1S/C21H35N5O4/c1-2-3-4-5-6-7-8-9-10-11-22-19-16-20(24-13-23-19)26(14-25-16)21-18(29)17(28)15(12-27)30-21/h13-15,17-18,21,27-29H,2-12H2,1H3,(H,22,23,24)/t15-,17-,18-,21-/m1/s1. The van der Waals surface area contributed by atoms with Crippen molar-refractivity contribution < 1.29 is 20.1 Å². The summed E-state index contributed by atoms with van der Waals surface area (Å²) in [5, 5.41) is 32.9. The summed E-state index contributed by atoms with van der Waals surface area (Å²) in [6, 6.07) is 0. The van der Waals surface area contributed by atoms with E-state index in [-0.39, 0.29) is 6.61 Å². The highest BCUT2D eigenvalue weighted by Crippen LogP contribution is 2.32. The zero-order valence-electron chi connectivity index (χ0n) is 17.8. The molecule has 4 atom stereocenters. The third-order valence-corrected chi connectivity index (χ3v) is 5.72. The third kappa shape index (κ3) is 5.46. The summed E-state index contributed by atoms with van der Waals surface area (Å²) in [7, 11) is 0. The Balaban J connectivity index is 1.49. The predicted molar refractivity (Wildman–Crippen MR) is 114 cm³/mol. The Kier molecular flexibility index (Phi) is 8.80. The number of aliphatic hydroxyl groups excluding tert-OH is 3. The van der Waals surface area contributed by atoms with Crippen molar-refractivity contribution in [2.75, 3.05) is 18.5 Å². The van der Waals surface area contributed by atoms with Crippen LogP contribution >= 0.6 is 0 Å². The van der Waals surface area contributed by atoms with Gasteiger partial charge in [0.2, 0.25) is 0 Å². The van der Waals surface area contributed by atoms with E-state index in [9.17, 15) is 15.3 Å². The lowest BCUT2D eigenvalue weighted by molar-refractivity contribution is -0.0511. The lowest BCUT2D eigenvalue weighted by Crippen LogP contribution is -2.33. The van der Waals surface area contributed by atoms with E-state index >= 15 is 0 Å². The van der Waals surface area contributed by atoms with Crippen LogP contribution in [0.1, 0.15) is 70.9 Å². The zero-order valence-corrected chi connectivity index (χ0v) is 17.8. The van der Waals surface area contributed by atoms with E-state index in [4.69, 9.17) is 4.74 Å². The molecule has 1 aliphatic rings. The SMILES string of the molecule is CCCCCCCCCCCNc1ncnc2c1ncn2[C@@H]1O[C@H](CO)[C@@H](O)[C@H]1O. The van der Waals surface area contributed by atoms with Crippen LogP contribution in [0.2, 0.25) is 0 Å². The van der Waals surface area contributed by atoms with E-state index in [1.54, 1.807) is 4.57 Å². The molecule has 0 bridgehead atoms. The molecule has 30 heavy (non-hydrogen) atoms. The molecular weight excluding hydrogens is 386 g/mol. The second kappa shape index (κ2) is 11.5. The summed E-state index contributed by atoms with van der Waals surface area (Å²) >= 11 is 0.